The quantitative estimate of drug-likeness (QED) is 0.780. The van der Waals surface area contributed by atoms with Gasteiger partial charge in [0.05, 0.1) is 6.20 Å². The minimum Gasteiger partial charge on any atom is -0.444 e. The second-order valence-corrected chi connectivity index (χ2v) is 3.77. The fourth-order valence-electron chi connectivity index (χ4n) is 1.71. The van der Waals surface area contributed by atoms with Gasteiger partial charge in [-0.2, -0.15) is 0 Å². The minimum absolute atomic E-state index is 0.829. The molecular weight excluding hydrogens is 200 g/mol. The lowest BCUT2D eigenvalue weighted by atomic mass is 10.1. The van der Waals surface area contributed by atoms with Crippen LogP contribution >= 0.6 is 0 Å². The van der Waals surface area contributed by atoms with Crippen LogP contribution in [0.3, 0.4) is 0 Å². The van der Waals surface area contributed by atoms with Crippen LogP contribution in [-0.4, -0.2) is 18.6 Å². The Labute approximate surface area is 95.5 Å². The van der Waals surface area contributed by atoms with E-state index in [0.717, 1.165) is 30.7 Å². The Morgan fingerprint density at radius 2 is 2.31 bits per heavy atom. The highest BCUT2D eigenvalue weighted by Gasteiger charge is 2.01. The van der Waals surface area contributed by atoms with Crippen LogP contribution in [0.4, 0.5) is 0 Å². The maximum Gasteiger partial charge on any atom is 0.181 e. The van der Waals surface area contributed by atoms with E-state index in [0.29, 0.717) is 0 Å². The lowest BCUT2D eigenvalue weighted by Gasteiger charge is -2.03. The molecule has 0 fully saturated rings. The largest absolute Gasteiger partial charge is 0.444 e. The third kappa shape index (κ3) is 2.70. The van der Waals surface area contributed by atoms with Gasteiger partial charge in [0.25, 0.3) is 0 Å². The summed E-state index contributed by atoms with van der Waals surface area (Å²) in [7, 11) is 1.98. The van der Waals surface area contributed by atoms with Crippen LogP contribution in [0.5, 0.6) is 0 Å². The molecule has 1 heterocycles. The van der Waals surface area contributed by atoms with E-state index in [2.05, 4.69) is 28.5 Å². The summed E-state index contributed by atoms with van der Waals surface area (Å²) in [6.07, 6.45) is 5.44. The van der Waals surface area contributed by atoms with Crippen molar-refractivity contribution >= 4 is 0 Å². The molecule has 0 bridgehead atoms. The van der Waals surface area contributed by atoms with Crippen LogP contribution in [0.2, 0.25) is 0 Å². The molecule has 3 nitrogen and oxygen atoms in total. The van der Waals surface area contributed by atoms with E-state index in [9.17, 15) is 0 Å². The van der Waals surface area contributed by atoms with E-state index >= 15 is 0 Å². The van der Waals surface area contributed by atoms with Gasteiger partial charge in [0, 0.05) is 5.56 Å². The number of oxazole rings is 1. The van der Waals surface area contributed by atoms with E-state index < -0.39 is 0 Å². The van der Waals surface area contributed by atoms with Crippen LogP contribution in [-0.2, 0) is 6.42 Å². The Balaban J connectivity index is 2.08. The molecule has 0 saturated carbocycles. The monoisotopic (exact) mass is 216 g/mol. The molecule has 2 rings (SSSR count). The van der Waals surface area contributed by atoms with Crippen LogP contribution in [0.15, 0.2) is 41.3 Å². The SMILES string of the molecule is CNCCCc1cccc(-c2cnco2)c1. The van der Waals surface area contributed by atoms with Gasteiger partial charge in [0.2, 0.25) is 0 Å². The lowest BCUT2D eigenvalue weighted by Crippen LogP contribution is -2.08. The maximum atomic E-state index is 5.28. The van der Waals surface area contributed by atoms with Crippen LogP contribution < -0.4 is 5.32 Å². The molecule has 0 aliphatic heterocycles. The van der Waals surface area contributed by atoms with Gasteiger partial charge in [-0.05, 0) is 38.1 Å². The second kappa shape index (κ2) is 5.47. The first-order valence-corrected chi connectivity index (χ1v) is 5.52. The van der Waals surface area contributed by atoms with Crippen LogP contribution in [0, 0.1) is 0 Å². The molecule has 0 aliphatic carbocycles. The van der Waals surface area contributed by atoms with Gasteiger partial charge in [-0.3, -0.25) is 0 Å². The number of hydrogen-bond acceptors (Lipinski definition) is 3. The average molecular weight is 216 g/mol. The summed E-state index contributed by atoms with van der Waals surface area (Å²) >= 11 is 0. The summed E-state index contributed by atoms with van der Waals surface area (Å²) < 4.78 is 5.28. The Morgan fingerprint density at radius 3 is 3.06 bits per heavy atom. The molecule has 0 spiro atoms. The van der Waals surface area contributed by atoms with Crippen LogP contribution in [0.1, 0.15) is 12.0 Å². The van der Waals surface area contributed by atoms with Gasteiger partial charge >= 0.3 is 0 Å². The number of aromatic nitrogens is 1. The van der Waals surface area contributed by atoms with Gasteiger partial charge in [-0.1, -0.05) is 18.2 Å². The van der Waals surface area contributed by atoms with Crippen molar-refractivity contribution in [1.82, 2.24) is 10.3 Å². The number of nitrogens with one attached hydrogen (secondary N) is 1. The molecule has 2 aromatic rings. The fraction of sp³-hybridized carbons (Fsp3) is 0.308. The molecule has 1 aromatic carbocycles. The van der Waals surface area contributed by atoms with Crippen molar-refractivity contribution in [2.24, 2.45) is 0 Å². The molecular formula is C13H16N2O. The topological polar surface area (TPSA) is 38.1 Å². The van der Waals surface area contributed by atoms with Crippen molar-refractivity contribution in [3.63, 3.8) is 0 Å². The highest BCUT2D eigenvalue weighted by molar-refractivity contribution is 5.57. The zero-order valence-electron chi connectivity index (χ0n) is 9.44. The highest BCUT2D eigenvalue weighted by atomic mass is 16.3. The summed E-state index contributed by atoms with van der Waals surface area (Å²) in [5, 5.41) is 3.15. The Kier molecular flexibility index (Phi) is 3.72. The zero-order valence-corrected chi connectivity index (χ0v) is 9.44. The summed E-state index contributed by atoms with van der Waals surface area (Å²) in [5.74, 6) is 0.829. The first-order valence-electron chi connectivity index (χ1n) is 5.52. The molecule has 0 amide bonds. The molecule has 84 valence electrons. The Hall–Kier alpha value is -1.61. The summed E-state index contributed by atoms with van der Waals surface area (Å²) in [6.45, 7) is 1.05. The van der Waals surface area contributed by atoms with Crippen molar-refractivity contribution in [1.29, 1.82) is 0 Å². The predicted molar refractivity (Wildman–Crippen MR) is 64.2 cm³/mol. The normalized spacial score (nSPS) is 10.6. The van der Waals surface area contributed by atoms with Gasteiger partial charge in [-0.25, -0.2) is 4.98 Å². The summed E-state index contributed by atoms with van der Waals surface area (Å²) in [4.78, 5) is 3.93. The first-order chi connectivity index (χ1) is 7.90. The maximum absolute atomic E-state index is 5.28. The van der Waals surface area contributed by atoms with E-state index in [-0.39, 0.29) is 0 Å². The fourth-order valence-corrected chi connectivity index (χ4v) is 1.71. The van der Waals surface area contributed by atoms with E-state index in [1.54, 1.807) is 6.20 Å². The summed E-state index contributed by atoms with van der Waals surface area (Å²) in [6, 6.07) is 8.42. The standard InChI is InChI=1S/C13H16N2O/c1-14-7-3-5-11-4-2-6-12(8-11)13-9-15-10-16-13/h2,4,6,8-10,14H,3,5,7H2,1H3. The predicted octanol–water partition coefficient (Wildman–Crippen LogP) is 2.49. The number of benzene rings is 1. The number of nitrogens with zero attached hydrogens (tertiary/aromatic N) is 1. The molecule has 0 unspecified atom stereocenters. The molecule has 1 N–H and O–H groups in total. The molecule has 0 saturated heterocycles. The number of hydrogen-bond donors (Lipinski definition) is 1. The Morgan fingerprint density at radius 1 is 1.38 bits per heavy atom. The third-order valence-electron chi connectivity index (χ3n) is 2.54. The van der Waals surface area contributed by atoms with E-state index in [4.69, 9.17) is 4.42 Å². The van der Waals surface area contributed by atoms with Gasteiger partial charge in [-0.15, -0.1) is 0 Å². The minimum atomic E-state index is 0.829. The van der Waals surface area contributed by atoms with Crippen molar-refractivity contribution in [3.8, 4) is 11.3 Å². The molecule has 0 radical (unpaired) electrons. The molecule has 0 aliphatic rings. The number of rotatable bonds is 5. The molecule has 3 heteroatoms. The first kappa shape index (κ1) is 10.9. The van der Waals surface area contributed by atoms with E-state index in [1.807, 2.05) is 13.1 Å². The van der Waals surface area contributed by atoms with Crippen molar-refractivity contribution in [2.45, 2.75) is 12.8 Å². The molecule has 1 aromatic heterocycles. The van der Waals surface area contributed by atoms with Crippen LogP contribution in [0.25, 0.3) is 11.3 Å². The number of aryl methyl sites for hydroxylation is 1. The van der Waals surface area contributed by atoms with Gasteiger partial charge in [0.1, 0.15) is 0 Å². The average Bonchev–Trinajstić information content (AvgIpc) is 2.83. The second-order valence-electron chi connectivity index (χ2n) is 3.77. The zero-order chi connectivity index (χ0) is 11.2. The summed E-state index contributed by atoms with van der Waals surface area (Å²) in [5.41, 5.74) is 2.43. The molecule has 16 heavy (non-hydrogen) atoms. The van der Waals surface area contributed by atoms with Gasteiger partial charge < -0.3 is 9.73 Å². The lowest BCUT2D eigenvalue weighted by molar-refractivity contribution is 0.572. The Bertz CT molecular complexity index is 423. The smallest absolute Gasteiger partial charge is 0.181 e. The van der Waals surface area contributed by atoms with E-state index in [1.165, 1.54) is 12.0 Å². The van der Waals surface area contributed by atoms with Gasteiger partial charge in [0.15, 0.2) is 12.2 Å². The molecule has 0 atom stereocenters. The highest BCUT2D eigenvalue weighted by Crippen LogP contribution is 2.20. The third-order valence-corrected chi connectivity index (χ3v) is 2.54. The van der Waals surface area contributed by atoms with Crippen molar-refractivity contribution in [2.75, 3.05) is 13.6 Å². The van der Waals surface area contributed by atoms with Crippen molar-refractivity contribution in [3.05, 3.63) is 42.4 Å². The van der Waals surface area contributed by atoms with Crippen molar-refractivity contribution < 1.29 is 4.42 Å².